The maximum Gasteiger partial charge on any atom is 0.337 e. The summed E-state index contributed by atoms with van der Waals surface area (Å²) < 4.78 is 74.0. The van der Waals surface area contributed by atoms with Crippen LogP contribution in [0.3, 0.4) is 0 Å². The third-order valence-electron chi connectivity index (χ3n) is 4.70. The first-order valence-corrected chi connectivity index (χ1v) is 8.65. The van der Waals surface area contributed by atoms with E-state index < -0.39 is 44.4 Å². The van der Waals surface area contributed by atoms with Crippen molar-refractivity contribution in [2.45, 2.75) is 21.7 Å². The van der Waals surface area contributed by atoms with Gasteiger partial charge in [-0.05, 0) is 29.8 Å². The SMILES string of the molecule is N#Cc1cc(F)cc(Oc2ccc3c4c2C(=O)C[C@]4(I)C(F)(F)C3(F)F)c1. The molecular weight excluding hydrogens is 484 g/mol. The van der Waals surface area contributed by atoms with Gasteiger partial charge in [-0.1, -0.05) is 22.6 Å². The van der Waals surface area contributed by atoms with Crippen molar-refractivity contribution in [3.63, 3.8) is 0 Å². The first kappa shape index (κ1) is 18.2. The fraction of sp³-hybridized carbons (Fsp3) is 0.222. The topological polar surface area (TPSA) is 50.1 Å². The molecule has 2 aromatic carbocycles. The molecule has 138 valence electrons. The third kappa shape index (κ3) is 2.19. The van der Waals surface area contributed by atoms with Crippen molar-refractivity contribution in [3.05, 3.63) is 58.4 Å². The Morgan fingerprint density at radius 2 is 1.85 bits per heavy atom. The van der Waals surface area contributed by atoms with Crippen molar-refractivity contribution < 1.29 is 31.5 Å². The molecule has 0 aliphatic heterocycles. The number of hydrogen-bond acceptors (Lipinski definition) is 3. The van der Waals surface area contributed by atoms with Crippen LogP contribution in [0, 0.1) is 17.1 Å². The van der Waals surface area contributed by atoms with Crippen molar-refractivity contribution in [2.24, 2.45) is 0 Å². The highest BCUT2D eigenvalue weighted by Gasteiger charge is 2.78. The Kier molecular flexibility index (Phi) is 3.64. The zero-order valence-corrected chi connectivity index (χ0v) is 15.3. The minimum absolute atomic E-state index is 0.0600. The molecule has 2 aliphatic carbocycles. The van der Waals surface area contributed by atoms with E-state index in [2.05, 4.69) is 0 Å². The maximum atomic E-state index is 14.4. The van der Waals surface area contributed by atoms with Crippen LogP contribution in [-0.4, -0.2) is 11.7 Å². The smallest absolute Gasteiger partial charge is 0.337 e. The Hall–Kier alpha value is -2.22. The van der Waals surface area contributed by atoms with Crippen molar-refractivity contribution >= 4 is 28.4 Å². The summed E-state index contributed by atoms with van der Waals surface area (Å²) in [5, 5.41) is 8.88. The van der Waals surface area contributed by atoms with Gasteiger partial charge in [-0.25, -0.2) is 4.39 Å². The quantitative estimate of drug-likeness (QED) is 0.319. The molecular formula is C18H7F5INO2. The molecule has 0 spiro atoms. The molecule has 0 N–H and O–H groups in total. The van der Waals surface area contributed by atoms with Crippen LogP contribution in [0.15, 0.2) is 30.3 Å². The van der Waals surface area contributed by atoms with Crippen LogP contribution in [0.2, 0.25) is 0 Å². The molecule has 27 heavy (non-hydrogen) atoms. The lowest BCUT2D eigenvalue weighted by atomic mass is 10.0. The molecule has 3 nitrogen and oxygen atoms in total. The normalized spacial score (nSPS) is 23.8. The molecule has 0 saturated carbocycles. The molecule has 0 aromatic heterocycles. The summed E-state index contributed by atoms with van der Waals surface area (Å²) in [7, 11) is 0. The van der Waals surface area contributed by atoms with Crippen LogP contribution in [0.5, 0.6) is 11.5 Å². The number of Topliss-reactive ketones (excluding diaryl/α,β-unsaturated/α-hetero) is 1. The van der Waals surface area contributed by atoms with Crippen LogP contribution >= 0.6 is 22.6 Å². The van der Waals surface area contributed by atoms with Gasteiger partial charge in [0.2, 0.25) is 0 Å². The first-order valence-electron chi connectivity index (χ1n) is 7.57. The highest BCUT2D eigenvalue weighted by molar-refractivity contribution is 14.1. The highest BCUT2D eigenvalue weighted by atomic mass is 127. The van der Waals surface area contributed by atoms with Gasteiger partial charge < -0.3 is 4.74 Å². The minimum Gasteiger partial charge on any atom is -0.456 e. The lowest BCUT2D eigenvalue weighted by Gasteiger charge is -2.29. The van der Waals surface area contributed by atoms with E-state index in [1.807, 2.05) is 0 Å². The molecule has 2 aromatic rings. The number of carbonyl (C=O) groups excluding carboxylic acids is 1. The summed E-state index contributed by atoms with van der Waals surface area (Å²) in [5.74, 6) is -10.8. The summed E-state index contributed by atoms with van der Waals surface area (Å²) in [5.41, 5.74) is -1.78. The van der Waals surface area contributed by atoms with Gasteiger partial charge in [-0.15, -0.1) is 0 Å². The fourth-order valence-corrected chi connectivity index (χ4v) is 4.76. The number of halogens is 6. The number of alkyl halides is 5. The fourth-order valence-electron chi connectivity index (χ4n) is 3.52. The molecule has 9 heteroatoms. The van der Waals surface area contributed by atoms with Gasteiger partial charge in [0, 0.05) is 18.1 Å². The van der Waals surface area contributed by atoms with Crippen molar-refractivity contribution in [1.82, 2.24) is 0 Å². The average Bonchev–Trinajstić information content (AvgIpc) is 2.92. The largest absolute Gasteiger partial charge is 0.456 e. The predicted octanol–water partition coefficient (Wildman–Crippen LogP) is 5.45. The second-order valence-electron chi connectivity index (χ2n) is 6.30. The predicted molar refractivity (Wildman–Crippen MR) is 91.1 cm³/mol. The number of carbonyl (C=O) groups is 1. The molecule has 0 saturated heterocycles. The monoisotopic (exact) mass is 491 g/mol. The Morgan fingerprint density at radius 1 is 1.15 bits per heavy atom. The van der Waals surface area contributed by atoms with Crippen LogP contribution in [0.1, 0.15) is 33.5 Å². The summed E-state index contributed by atoms with van der Waals surface area (Å²) in [6.07, 6.45) is -0.800. The number of benzene rings is 2. The van der Waals surface area contributed by atoms with Gasteiger partial charge >= 0.3 is 11.8 Å². The molecule has 0 unspecified atom stereocenters. The van der Waals surface area contributed by atoms with E-state index in [0.29, 0.717) is 0 Å². The third-order valence-corrected chi connectivity index (χ3v) is 6.30. The number of ether oxygens (including phenoxy) is 1. The molecule has 0 bridgehead atoms. The van der Waals surface area contributed by atoms with E-state index in [0.717, 1.165) is 24.3 Å². The Labute approximate surface area is 162 Å². The van der Waals surface area contributed by atoms with Crippen LogP contribution in [0.25, 0.3) is 0 Å². The van der Waals surface area contributed by atoms with Gasteiger partial charge in [0.15, 0.2) is 5.78 Å². The summed E-state index contributed by atoms with van der Waals surface area (Å²) in [6, 6.07) is 6.58. The zero-order valence-electron chi connectivity index (χ0n) is 13.1. The second kappa shape index (κ2) is 5.41. The number of hydrogen-bond donors (Lipinski definition) is 0. The standard InChI is InChI=1S/C18H7F5INO2/c19-9-3-8(7-25)4-10(5-9)27-13-2-1-11-15-14(13)12(26)6-16(15,24)18(22,23)17(11,20)21/h1-5H,6H2/t16-/m1/s1. The number of rotatable bonds is 2. The first-order chi connectivity index (χ1) is 12.5. The van der Waals surface area contributed by atoms with E-state index in [-0.39, 0.29) is 22.6 Å². The molecule has 0 radical (unpaired) electrons. The maximum absolute atomic E-state index is 14.4. The summed E-state index contributed by atoms with van der Waals surface area (Å²) in [6.45, 7) is 0. The van der Waals surface area contributed by atoms with E-state index in [4.69, 9.17) is 10.00 Å². The molecule has 1 atom stereocenters. The van der Waals surface area contributed by atoms with Gasteiger partial charge in [0.25, 0.3) is 0 Å². The van der Waals surface area contributed by atoms with Gasteiger partial charge in [-0.2, -0.15) is 22.8 Å². The zero-order chi connectivity index (χ0) is 19.8. The Morgan fingerprint density at radius 3 is 2.52 bits per heavy atom. The average molecular weight is 491 g/mol. The van der Waals surface area contributed by atoms with E-state index in [1.54, 1.807) is 6.07 Å². The highest BCUT2D eigenvalue weighted by Crippen LogP contribution is 2.69. The van der Waals surface area contributed by atoms with Gasteiger partial charge in [0.05, 0.1) is 17.2 Å². The summed E-state index contributed by atoms with van der Waals surface area (Å²) in [4.78, 5) is 12.4. The van der Waals surface area contributed by atoms with Gasteiger partial charge in [-0.3, -0.25) is 4.79 Å². The molecule has 0 fully saturated rings. The van der Waals surface area contributed by atoms with E-state index in [1.165, 1.54) is 28.7 Å². The van der Waals surface area contributed by atoms with Crippen LogP contribution < -0.4 is 4.74 Å². The van der Waals surface area contributed by atoms with Gasteiger partial charge in [0.1, 0.15) is 20.7 Å². The number of nitriles is 1. The van der Waals surface area contributed by atoms with Crippen molar-refractivity contribution in [2.75, 3.05) is 0 Å². The van der Waals surface area contributed by atoms with Crippen molar-refractivity contribution in [1.29, 1.82) is 5.26 Å². The minimum atomic E-state index is -4.45. The molecule has 2 aliphatic rings. The Bertz CT molecular complexity index is 1060. The molecule has 4 rings (SSSR count). The molecule has 0 heterocycles. The van der Waals surface area contributed by atoms with Crippen molar-refractivity contribution in [3.8, 4) is 17.6 Å². The van der Waals surface area contributed by atoms with Crippen LogP contribution in [0.4, 0.5) is 22.0 Å². The van der Waals surface area contributed by atoms with Crippen LogP contribution in [-0.2, 0) is 9.34 Å². The van der Waals surface area contributed by atoms with E-state index in [9.17, 15) is 26.7 Å². The Balaban J connectivity index is 1.90. The molecule has 0 amide bonds. The number of ketones is 1. The number of nitrogens with zero attached hydrogens (tertiary/aromatic N) is 1. The lowest BCUT2D eigenvalue weighted by molar-refractivity contribution is -0.217. The lowest BCUT2D eigenvalue weighted by Crippen LogP contribution is -2.44. The van der Waals surface area contributed by atoms with E-state index >= 15 is 0 Å². The summed E-state index contributed by atoms with van der Waals surface area (Å²) >= 11 is 1.21. The second-order valence-corrected chi connectivity index (χ2v) is 8.14.